The molecular weight excluding hydrogens is 443 g/mol. The van der Waals surface area contributed by atoms with Gasteiger partial charge in [0.25, 0.3) is 0 Å². The van der Waals surface area contributed by atoms with Crippen LogP contribution in [0.4, 0.5) is 10.1 Å². The first kappa shape index (κ1) is 23.3. The van der Waals surface area contributed by atoms with E-state index in [0.29, 0.717) is 29.4 Å². The molecule has 1 aliphatic heterocycles. The molecule has 1 saturated heterocycles. The zero-order chi connectivity index (χ0) is 23.8. The van der Waals surface area contributed by atoms with Crippen LogP contribution < -0.4 is 15.1 Å². The molecule has 0 radical (unpaired) electrons. The lowest BCUT2D eigenvalue weighted by Gasteiger charge is -2.33. The van der Waals surface area contributed by atoms with Crippen molar-refractivity contribution in [2.75, 3.05) is 25.1 Å². The van der Waals surface area contributed by atoms with Crippen molar-refractivity contribution in [2.24, 2.45) is 5.92 Å². The molecule has 0 unspecified atom stereocenters. The Bertz CT molecular complexity index is 1330. The number of pyridine rings is 1. The molecule has 0 aliphatic carbocycles. The molecule has 3 aromatic rings. The third kappa shape index (κ3) is 4.36. The Labute approximate surface area is 193 Å². The molecular formula is C25H29FN2O4S. The van der Waals surface area contributed by atoms with Crippen LogP contribution in [0, 0.1) is 11.7 Å². The number of aromatic nitrogens is 1. The third-order valence-electron chi connectivity index (χ3n) is 6.24. The molecule has 176 valence electrons. The van der Waals surface area contributed by atoms with Gasteiger partial charge in [0, 0.05) is 25.8 Å². The van der Waals surface area contributed by atoms with E-state index in [9.17, 15) is 13.2 Å². The Morgan fingerprint density at radius 2 is 1.91 bits per heavy atom. The second kappa shape index (κ2) is 9.17. The normalized spacial score (nSPS) is 16.8. The van der Waals surface area contributed by atoms with Crippen LogP contribution in [0.5, 0.6) is 5.75 Å². The van der Waals surface area contributed by atoms with Gasteiger partial charge in [0.1, 0.15) is 16.5 Å². The summed E-state index contributed by atoms with van der Waals surface area (Å²) in [6.07, 6.45) is 4.22. The van der Waals surface area contributed by atoms with Gasteiger partial charge in [-0.25, -0.2) is 12.8 Å². The molecule has 0 saturated carbocycles. The quantitative estimate of drug-likeness (QED) is 0.523. The summed E-state index contributed by atoms with van der Waals surface area (Å²) in [5, 5.41) is 0.0735. The fourth-order valence-electron chi connectivity index (χ4n) is 4.52. The first-order valence-corrected chi connectivity index (χ1v) is 12.8. The number of methoxy groups -OCH3 is 1. The summed E-state index contributed by atoms with van der Waals surface area (Å²) in [4.78, 5) is 15.0. The number of sulfone groups is 1. The number of halogens is 1. The smallest absolute Gasteiger partial charge is 0.211 e. The number of ether oxygens (including phenoxy) is 1. The molecule has 1 aliphatic rings. The number of fused-ring (bicyclic) bond motifs is 1. The van der Waals surface area contributed by atoms with Gasteiger partial charge >= 0.3 is 0 Å². The largest absolute Gasteiger partial charge is 0.497 e. The van der Waals surface area contributed by atoms with Gasteiger partial charge in [-0.3, -0.25) is 4.79 Å². The molecule has 2 aromatic carbocycles. The Balaban J connectivity index is 1.90. The highest BCUT2D eigenvalue weighted by molar-refractivity contribution is 7.91. The van der Waals surface area contributed by atoms with Gasteiger partial charge in [-0.05, 0) is 61.6 Å². The lowest BCUT2D eigenvalue weighted by atomic mass is 9.99. The van der Waals surface area contributed by atoms with Crippen LogP contribution in [0.25, 0.3) is 10.9 Å². The molecule has 0 spiro atoms. The van der Waals surface area contributed by atoms with Crippen molar-refractivity contribution in [3.05, 3.63) is 58.6 Å². The van der Waals surface area contributed by atoms with Gasteiger partial charge in [-0.1, -0.05) is 13.8 Å². The van der Waals surface area contributed by atoms with Crippen molar-refractivity contribution in [3.8, 4) is 5.75 Å². The fourth-order valence-corrected chi connectivity index (χ4v) is 5.89. The number of aryl methyl sites for hydroxylation is 1. The van der Waals surface area contributed by atoms with Crippen molar-refractivity contribution in [1.82, 2.24) is 4.57 Å². The maximum atomic E-state index is 15.2. The van der Waals surface area contributed by atoms with Crippen LogP contribution in [0.15, 0.2) is 57.2 Å². The second-order valence-corrected chi connectivity index (χ2v) is 10.6. The third-order valence-corrected chi connectivity index (χ3v) is 8.00. The molecule has 1 fully saturated rings. The van der Waals surface area contributed by atoms with Crippen molar-refractivity contribution in [3.63, 3.8) is 0 Å². The summed E-state index contributed by atoms with van der Waals surface area (Å²) >= 11 is 0. The van der Waals surface area contributed by atoms with Gasteiger partial charge in [0.05, 0.1) is 28.6 Å². The first-order valence-electron chi connectivity index (χ1n) is 11.3. The van der Waals surface area contributed by atoms with Crippen LogP contribution in [0.2, 0.25) is 0 Å². The molecule has 0 amide bonds. The molecule has 33 heavy (non-hydrogen) atoms. The van der Waals surface area contributed by atoms with Crippen molar-refractivity contribution < 1.29 is 17.5 Å². The number of nitrogens with zero attached hydrogens (tertiary/aromatic N) is 2. The summed E-state index contributed by atoms with van der Waals surface area (Å²) in [6, 6.07) is 8.77. The minimum atomic E-state index is -4.10. The first-order chi connectivity index (χ1) is 15.8. The number of hydrogen-bond donors (Lipinski definition) is 0. The Morgan fingerprint density at radius 3 is 2.55 bits per heavy atom. The Kier molecular flexibility index (Phi) is 6.47. The van der Waals surface area contributed by atoms with Gasteiger partial charge in [-0.2, -0.15) is 0 Å². The van der Waals surface area contributed by atoms with Crippen LogP contribution in [-0.2, 0) is 16.4 Å². The van der Waals surface area contributed by atoms with Gasteiger partial charge < -0.3 is 14.2 Å². The number of benzene rings is 2. The summed E-state index contributed by atoms with van der Waals surface area (Å²) in [5.41, 5.74) is 0.319. The van der Waals surface area contributed by atoms with Crippen LogP contribution in [0.3, 0.4) is 0 Å². The molecule has 8 heteroatoms. The number of hydrogen-bond acceptors (Lipinski definition) is 5. The maximum absolute atomic E-state index is 15.2. The van der Waals surface area contributed by atoms with Gasteiger partial charge in [0.15, 0.2) is 0 Å². The molecule has 6 nitrogen and oxygen atoms in total. The van der Waals surface area contributed by atoms with Gasteiger partial charge in [-0.15, -0.1) is 0 Å². The molecule has 0 bridgehead atoms. The lowest BCUT2D eigenvalue weighted by Crippen LogP contribution is -2.35. The average molecular weight is 473 g/mol. The highest BCUT2D eigenvalue weighted by atomic mass is 32.2. The summed E-state index contributed by atoms with van der Waals surface area (Å²) < 4.78 is 48.7. The van der Waals surface area contributed by atoms with E-state index in [2.05, 4.69) is 6.92 Å². The Morgan fingerprint density at radius 1 is 1.18 bits per heavy atom. The molecule has 0 N–H and O–H groups in total. The maximum Gasteiger partial charge on any atom is 0.211 e. The van der Waals surface area contributed by atoms with E-state index in [1.807, 2.05) is 11.8 Å². The zero-order valence-corrected chi connectivity index (χ0v) is 20.0. The second-order valence-electron chi connectivity index (χ2n) is 8.71. The van der Waals surface area contributed by atoms with E-state index in [-0.39, 0.29) is 15.2 Å². The number of rotatable bonds is 6. The minimum Gasteiger partial charge on any atom is -0.497 e. The minimum absolute atomic E-state index is 0.0119. The predicted octanol–water partition coefficient (Wildman–Crippen LogP) is 4.63. The lowest BCUT2D eigenvalue weighted by molar-refractivity contribution is 0.414. The predicted molar refractivity (Wildman–Crippen MR) is 128 cm³/mol. The molecule has 1 aromatic heterocycles. The highest BCUT2D eigenvalue weighted by Gasteiger charge is 2.26. The Hall–Kier alpha value is -2.87. The van der Waals surface area contributed by atoms with E-state index < -0.39 is 21.1 Å². The average Bonchev–Trinajstić information content (AvgIpc) is 2.80. The summed E-state index contributed by atoms with van der Waals surface area (Å²) in [7, 11) is -2.61. The summed E-state index contributed by atoms with van der Waals surface area (Å²) in [6.45, 7) is 6.13. The van der Waals surface area contributed by atoms with Crippen molar-refractivity contribution in [1.29, 1.82) is 0 Å². The SMILES string of the molecule is CCCn1cc(S(=O)(=O)c2ccc(OC)cc2)c(=O)c2cc(F)c(N3CCC[C@@H](C)C3)cc21. The number of piperidine rings is 1. The van der Waals surface area contributed by atoms with Crippen LogP contribution >= 0.6 is 0 Å². The van der Waals surface area contributed by atoms with Gasteiger partial charge in [0.2, 0.25) is 15.3 Å². The monoisotopic (exact) mass is 472 g/mol. The standard InChI is InChI=1S/C25H29FN2O4S/c1-4-11-27-16-24(33(30,31)19-9-7-18(32-3)8-10-19)25(29)20-13-21(26)23(14-22(20)27)28-12-5-6-17(2)15-28/h7-10,13-14,16-17H,4-6,11-12,15H2,1-3H3/t17-/m1/s1. The highest BCUT2D eigenvalue weighted by Crippen LogP contribution is 2.30. The van der Waals surface area contributed by atoms with E-state index in [0.717, 1.165) is 32.4 Å². The number of anilines is 1. The fraction of sp³-hybridized carbons (Fsp3) is 0.400. The van der Waals surface area contributed by atoms with Crippen LogP contribution in [0.1, 0.15) is 33.1 Å². The van der Waals surface area contributed by atoms with Crippen molar-refractivity contribution in [2.45, 2.75) is 49.4 Å². The summed E-state index contributed by atoms with van der Waals surface area (Å²) in [5.74, 6) is 0.469. The van der Waals surface area contributed by atoms with E-state index in [1.54, 1.807) is 10.6 Å². The van der Waals surface area contributed by atoms with Crippen LogP contribution in [-0.4, -0.2) is 33.2 Å². The molecule has 4 rings (SSSR count). The van der Waals surface area contributed by atoms with E-state index in [4.69, 9.17) is 4.74 Å². The molecule has 1 atom stereocenters. The van der Waals surface area contributed by atoms with E-state index >= 15 is 4.39 Å². The zero-order valence-electron chi connectivity index (χ0n) is 19.2. The van der Waals surface area contributed by atoms with E-state index in [1.165, 1.54) is 43.6 Å². The topological polar surface area (TPSA) is 68.6 Å². The van der Waals surface area contributed by atoms with Crippen molar-refractivity contribution >= 4 is 26.4 Å². The molecule has 2 heterocycles.